The second kappa shape index (κ2) is 7.25. The summed E-state index contributed by atoms with van der Waals surface area (Å²) in [6, 6.07) is 15.1. The average molecular weight is 303 g/mol. The minimum atomic E-state index is -0.000902. The van der Waals surface area contributed by atoms with E-state index in [1.54, 1.807) is 11.9 Å². The lowest BCUT2D eigenvalue weighted by atomic mass is 10.0. The van der Waals surface area contributed by atoms with Crippen LogP contribution in [0.15, 0.2) is 48.5 Å². The summed E-state index contributed by atoms with van der Waals surface area (Å²) in [6.45, 7) is 1.05. The van der Waals surface area contributed by atoms with Crippen LogP contribution in [0.2, 0.25) is 5.02 Å². The molecule has 0 fully saturated rings. The SMILES string of the molecule is CN(Cc1cccc(Cl)c1)C(=O)c1ccccc1CCN. The summed E-state index contributed by atoms with van der Waals surface area (Å²) in [7, 11) is 1.79. The van der Waals surface area contributed by atoms with E-state index in [1.807, 2.05) is 48.5 Å². The molecule has 0 bridgehead atoms. The zero-order chi connectivity index (χ0) is 15.2. The summed E-state index contributed by atoms with van der Waals surface area (Å²) >= 11 is 5.97. The van der Waals surface area contributed by atoms with Crippen LogP contribution in [0.25, 0.3) is 0 Å². The highest BCUT2D eigenvalue weighted by Crippen LogP contribution is 2.15. The maximum absolute atomic E-state index is 12.6. The molecule has 0 aliphatic rings. The lowest BCUT2D eigenvalue weighted by Crippen LogP contribution is -2.27. The van der Waals surface area contributed by atoms with Gasteiger partial charge in [0.2, 0.25) is 0 Å². The molecule has 110 valence electrons. The molecule has 3 nitrogen and oxygen atoms in total. The summed E-state index contributed by atoms with van der Waals surface area (Å²) in [6.07, 6.45) is 0.701. The second-order valence-electron chi connectivity index (χ2n) is 4.99. The molecule has 0 saturated carbocycles. The van der Waals surface area contributed by atoms with E-state index in [4.69, 9.17) is 17.3 Å². The fourth-order valence-electron chi connectivity index (χ4n) is 2.29. The summed E-state index contributed by atoms with van der Waals surface area (Å²) in [5.74, 6) is -0.000902. The van der Waals surface area contributed by atoms with E-state index < -0.39 is 0 Å². The van der Waals surface area contributed by atoms with E-state index in [2.05, 4.69) is 0 Å². The molecule has 0 heterocycles. The molecule has 0 unspecified atom stereocenters. The number of carbonyl (C=O) groups excluding carboxylic acids is 1. The molecule has 0 aromatic heterocycles. The van der Waals surface area contributed by atoms with Gasteiger partial charge in [-0.05, 0) is 42.3 Å². The van der Waals surface area contributed by atoms with Gasteiger partial charge in [0.15, 0.2) is 0 Å². The molecule has 21 heavy (non-hydrogen) atoms. The molecule has 2 rings (SSSR count). The van der Waals surface area contributed by atoms with Crippen LogP contribution in [0, 0.1) is 0 Å². The molecule has 4 heteroatoms. The van der Waals surface area contributed by atoms with Gasteiger partial charge in [-0.2, -0.15) is 0 Å². The molecule has 0 aliphatic heterocycles. The van der Waals surface area contributed by atoms with Crippen LogP contribution in [0.3, 0.4) is 0 Å². The van der Waals surface area contributed by atoms with Gasteiger partial charge >= 0.3 is 0 Å². The number of carbonyl (C=O) groups is 1. The number of halogens is 1. The number of hydrogen-bond acceptors (Lipinski definition) is 2. The molecule has 2 aromatic carbocycles. The van der Waals surface area contributed by atoms with E-state index in [9.17, 15) is 4.79 Å². The second-order valence-corrected chi connectivity index (χ2v) is 5.42. The van der Waals surface area contributed by atoms with E-state index in [1.165, 1.54) is 0 Å². The standard InChI is InChI=1S/C17H19ClN2O/c1-20(12-13-5-4-7-15(18)11-13)17(21)16-8-3-2-6-14(16)9-10-19/h2-8,11H,9-10,12,19H2,1H3. The van der Waals surface area contributed by atoms with Crippen molar-refractivity contribution in [3.63, 3.8) is 0 Å². The van der Waals surface area contributed by atoms with Gasteiger partial charge < -0.3 is 10.6 Å². The van der Waals surface area contributed by atoms with E-state index in [-0.39, 0.29) is 5.91 Å². The Morgan fingerprint density at radius 3 is 2.67 bits per heavy atom. The lowest BCUT2D eigenvalue weighted by molar-refractivity contribution is 0.0784. The van der Waals surface area contributed by atoms with Crippen molar-refractivity contribution in [3.05, 3.63) is 70.2 Å². The first-order chi connectivity index (χ1) is 10.1. The Hall–Kier alpha value is -1.84. The number of amides is 1. The third-order valence-electron chi connectivity index (χ3n) is 3.32. The highest BCUT2D eigenvalue weighted by Gasteiger charge is 2.15. The monoisotopic (exact) mass is 302 g/mol. The van der Waals surface area contributed by atoms with Crippen molar-refractivity contribution in [1.29, 1.82) is 0 Å². The Bertz CT molecular complexity index is 628. The van der Waals surface area contributed by atoms with Gasteiger partial charge in [0.1, 0.15) is 0 Å². The highest BCUT2D eigenvalue weighted by molar-refractivity contribution is 6.30. The van der Waals surface area contributed by atoms with Gasteiger partial charge in [-0.1, -0.05) is 41.9 Å². The zero-order valence-electron chi connectivity index (χ0n) is 12.1. The van der Waals surface area contributed by atoms with Crippen LogP contribution >= 0.6 is 11.6 Å². The first-order valence-corrected chi connectivity index (χ1v) is 7.27. The quantitative estimate of drug-likeness (QED) is 0.922. The predicted octanol–water partition coefficient (Wildman–Crippen LogP) is 3.11. The van der Waals surface area contributed by atoms with Crippen molar-refractivity contribution in [1.82, 2.24) is 4.90 Å². The minimum absolute atomic E-state index is 0.000902. The molecule has 0 atom stereocenters. The van der Waals surface area contributed by atoms with Crippen molar-refractivity contribution in [2.24, 2.45) is 5.73 Å². The van der Waals surface area contributed by atoms with Crippen molar-refractivity contribution in [2.75, 3.05) is 13.6 Å². The first-order valence-electron chi connectivity index (χ1n) is 6.89. The van der Waals surface area contributed by atoms with Crippen molar-refractivity contribution in [3.8, 4) is 0 Å². The Morgan fingerprint density at radius 2 is 1.95 bits per heavy atom. The number of nitrogens with zero attached hydrogens (tertiary/aromatic N) is 1. The zero-order valence-corrected chi connectivity index (χ0v) is 12.8. The summed E-state index contributed by atoms with van der Waals surface area (Å²) in [5.41, 5.74) is 8.32. The van der Waals surface area contributed by atoms with Gasteiger partial charge in [0.25, 0.3) is 5.91 Å². The molecule has 0 spiro atoms. The third-order valence-corrected chi connectivity index (χ3v) is 3.55. The molecule has 0 aliphatic carbocycles. The van der Waals surface area contributed by atoms with Crippen molar-refractivity contribution < 1.29 is 4.79 Å². The lowest BCUT2D eigenvalue weighted by Gasteiger charge is -2.19. The van der Waals surface area contributed by atoms with Crippen LogP contribution in [0.5, 0.6) is 0 Å². The maximum Gasteiger partial charge on any atom is 0.254 e. The largest absolute Gasteiger partial charge is 0.337 e. The molecular formula is C17H19ClN2O. The van der Waals surface area contributed by atoms with E-state index >= 15 is 0 Å². The van der Waals surface area contributed by atoms with Crippen molar-refractivity contribution >= 4 is 17.5 Å². The van der Waals surface area contributed by atoms with E-state index in [0.717, 1.165) is 11.1 Å². The van der Waals surface area contributed by atoms with Crippen LogP contribution in [-0.2, 0) is 13.0 Å². The molecule has 1 amide bonds. The van der Waals surface area contributed by atoms with Gasteiger partial charge in [0.05, 0.1) is 0 Å². The van der Waals surface area contributed by atoms with Crippen LogP contribution in [-0.4, -0.2) is 24.4 Å². The fraction of sp³-hybridized carbons (Fsp3) is 0.235. The van der Waals surface area contributed by atoms with Crippen LogP contribution < -0.4 is 5.73 Å². The Balaban J connectivity index is 2.16. The molecule has 0 radical (unpaired) electrons. The van der Waals surface area contributed by atoms with Crippen LogP contribution in [0.4, 0.5) is 0 Å². The number of benzene rings is 2. The molecular weight excluding hydrogens is 284 g/mol. The smallest absolute Gasteiger partial charge is 0.254 e. The summed E-state index contributed by atoms with van der Waals surface area (Å²) in [5, 5.41) is 0.678. The fourth-order valence-corrected chi connectivity index (χ4v) is 2.50. The average Bonchev–Trinajstić information content (AvgIpc) is 2.47. The summed E-state index contributed by atoms with van der Waals surface area (Å²) in [4.78, 5) is 14.3. The highest BCUT2D eigenvalue weighted by atomic mass is 35.5. The van der Waals surface area contributed by atoms with Gasteiger partial charge in [0, 0.05) is 24.2 Å². The maximum atomic E-state index is 12.6. The Morgan fingerprint density at radius 1 is 1.19 bits per heavy atom. The summed E-state index contributed by atoms with van der Waals surface area (Å²) < 4.78 is 0. The molecule has 2 N–H and O–H groups in total. The Labute approximate surface area is 130 Å². The van der Waals surface area contributed by atoms with Gasteiger partial charge in [-0.15, -0.1) is 0 Å². The predicted molar refractivity (Wildman–Crippen MR) is 86.4 cm³/mol. The minimum Gasteiger partial charge on any atom is -0.337 e. The van der Waals surface area contributed by atoms with E-state index in [0.29, 0.717) is 30.1 Å². The molecule has 0 saturated heterocycles. The topological polar surface area (TPSA) is 46.3 Å². The number of hydrogen-bond donors (Lipinski definition) is 1. The molecule has 2 aromatic rings. The van der Waals surface area contributed by atoms with Gasteiger partial charge in [-0.3, -0.25) is 4.79 Å². The first kappa shape index (κ1) is 15.5. The number of rotatable bonds is 5. The van der Waals surface area contributed by atoms with Crippen LogP contribution in [0.1, 0.15) is 21.5 Å². The van der Waals surface area contributed by atoms with Crippen molar-refractivity contribution in [2.45, 2.75) is 13.0 Å². The third kappa shape index (κ3) is 4.06. The normalized spacial score (nSPS) is 10.4. The van der Waals surface area contributed by atoms with Gasteiger partial charge in [-0.25, -0.2) is 0 Å². The Kier molecular flexibility index (Phi) is 5.37. The number of nitrogens with two attached hydrogens (primary N) is 1.